The van der Waals surface area contributed by atoms with Crippen LogP contribution < -0.4 is 25.3 Å². The van der Waals surface area contributed by atoms with Gasteiger partial charge in [-0.3, -0.25) is 9.13 Å². The Morgan fingerprint density at radius 1 is 0.553 bits per heavy atom. The molecule has 7 rings (SSSR count). The molecule has 9 heteroatoms. The second-order valence-electron chi connectivity index (χ2n) is 9.03. The average Bonchev–Trinajstić information content (AvgIpc) is 3.16. The van der Waals surface area contributed by atoms with E-state index in [-0.39, 0.29) is 12.6 Å². The molecular weight excluding hydrogens is 518 g/mol. The Morgan fingerprint density at radius 2 is 0.921 bits per heavy atom. The Labute approximate surface area is 220 Å². The number of benzene rings is 4. The van der Waals surface area contributed by atoms with E-state index in [1.807, 2.05) is 97.1 Å². The van der Waals surface area contributed by atoms with Gasteiger partial charge in [0.05, 0.1) is 12.6 Å². The summed E-state index contributed by atoms with van der Waals surface area (Å²) in [6, 6.07) is 31.5. The minimum absolute atomic E-state index is 0.101. The van der Waals surface area contributed by atoms with Crippen molar-refractivity contribution < 1.29 is 19.3 Å². The maximum atomic E-state index is 13.6. The quantitative estimate of drug-likeness (QED) is 0.293. The molecule has 0 fully saturated rings. The molecule has 2 N–H and O–H groups in total. The zero-order valence-corrected chi connectivity index (χ0v) is 21.8. The Hall–Kier alpha value is -4.05. The number of nitrogens with zero attached hydrogens (tertiary/aromatic N) is 2. The van der Waals surface area contributed by atoms with Gasteiger partial charge in [-0.2, -0.15) is 0 Å². The molecule has 0 bridgehead atoms. The first kappa shape index (κ1) is 23.1. The van der Waals surface area contributed by atoms with E-state index in [9.17, 15) is 15.0 Å². The third-order valence-electron chi connectivity index (χ3n) is 6.83. The van der Waals surface area contributed by atoms with E-state index in [1.54, 1.807) is 0 Å². The van der Waals surface area contributed by atoms with E-state index in [2.05, 4.69) is 0 Å². The van der Waals surface area contributed by atoms with Crippen LogP contribution in [0.25, 0.3) is 22.3 Å². The van der Waals surface area contributed by atoms with Crippen molar-refractivity contribution in [3.63, 3.8) is 0 Å². The van der Waals surface area contributed by atoms with E-state index in [0.717, 1.165) is 44.4 Å². The third-order valence-corrected chi connectivity index (χ3v) is 10.6. The second-order valence-corrected chi connectivity index (χ2v) is 12.4. The Kier molecular flexibility index (Phi) is 5.50. The number of imidazole rings is 1. The van der Waals surface area contributed by atoms with Gasteiger partial charge in [-0.15, -0.1) is 0 Å². The lowest BCUT2D eigenvalue weighted by Crippen LogP contribution is -2.28. The normalized spacial score (nSPS) is 16.8. The lowest BCUT2D eigenvalue weighted by atomic mass is 10.0. The smallest absolute Gasteiger partial charge is 0.334 e. The number of hydrogen-bond donors (Lipinski definition) is 2. The van der Waals surface area contributed by atoms with Crippen molar-refractivity contribution in [3.8, 4) is 45.5 Å². The predicted molar refractivity (Wildman–Crippen MR) is 150 cm³/mol. The van der Waals surface area contributed by atoms with Crippen LogP contribution in [0.4, 0.5) is 0 Å². The van der Waals surface area contributed by atoms with Crippen LogP contribution in [0.2, 0.25) is 0 Å². The monoisotopic (exact) mass is 540 g/mol. The summed E-state index contributed by atoms with van der Waals surface area (Å²) in [6.07, 6.45) is 0.203. The molecule has 2 aliphatic heterocycles. The van der Waals surface area contributed by atoms with E-state index in [0.29, 0.717) is 0 Å². The van der Waals surface area contributed by atoms with Crippen molar-refractivity contribution in [1.29, 1.82) is 0 Å². The van der Waals surface area contributed by atoms with E-state index < -0.39 is 33.7 Å². The molecule has 0 amide bonds. The summed E-state index contributed by atoms with van der Waals surface area (Å²) < 4.78 is 15.1. The fraction of sp³-hybridized carbons (Fsp3) is 0.0690. The number of hydrogen-bond acceptors (Lipinski definition) is 5. The lowest BCUT2D eigenvalue weighted by molar-refractivity contribution is 0.362. The minimum Gasteiger partial charge on any atom is -0.491 e. The lowest BCUT2D eigenvalue weighted by Gasteiger charge is -2.28. The molecule has 2 aliphatic rings. The maximum absolute atomic E-state index is 13.6. The fourth-order valence-corrected chi connectivity index (χ4v) is 8.87. The molecule has 0 spiro atoms. The number of rotatable bonds is 4. The summed E-state index contributed by atoms with van der Waals surface area (Å²) in [6.45, 7) is 0. The van der Waals surface area contributed by atoms with Crippen molar-refractivity contribution in [2.75, 3.05) is 0 Å². The predicted octanol–water partition coefficient (Wildman–Crippen LogP) is 5.54. The van der Waals surface area contributed by atoms with E-state index in [4.69, 9.17) is 9.05 Å². The highest BCUT2D eigenvalue weighted by Crippen LogP contribution is 2.52. The molecule has 4 aromatic carbocycles. The van der Waals surface area contributed by atoms with Crippen molar-refractivity contribution in [2.24, 2.45) is 0 Å². The molecule has 2 atom stereocenters. The number of aromatic hydroxyl groups is 2. The molecule has 1 aromatic heterocycles. The van der Waals surface area contributed by atoms with Gasteiger partial charge in [-0.1, -0.05) is 84.9 Å². The molecule has 38 heavy (non-hydrogen) atoms. The molecule has 0 aliphatic carbocycles. The summed E-state index contributed by atoms with van der Waals surface area (Å²) in [4.78, 5) is 13.6. The van der Waals surface area contributed by atoms with Crippen LogP contribution >= 0.6 is 16.3 Å². The Bertz CT molecular complexity index is 1640. The van der Waals surface area contributed by atoms with Crippen LogP contribution in [0.1, 0.15) is 0 Å². The molecule has 5 aromatic rings. The van der Waals surface area contributed by atoms with Gasteiger partial charge < -0.3 is 19.3 Å². The Balaban J connectivity index is 1.24. The zero-order valence-electron chi connectivity index (χ0n) is 20.1. The van der Waals surface area contributed by atoms with Gasteiger partial charge in [0.1, 0.15) is 27.8 Å². The number of aromatic nitrogens is 2. The first-order chi connectivity index (χ1) is 18.6. The van der Waals surface area contributed by atoms with Crippen molar-refractivity contribution >= 4 is 26.9 Å². The van der Waals surface area contributed by atoms with Crippen LogP contribution in [-0.4, -0.2) is 19.3 Å². The number of para-hydroxylation sites is 2. The zero-order chi connectivity index (χ0) is 25.8. The minimum atomic E-state index is -1.33. The first-order valence-corrected chi connectivity index (χ1v) is 15.0. The highest BCUT2D eigenvalue weighted by Gasteiger charge is 2.32. The molecule has 0 radical (unpaired) electrons. The van der Waals surface area contributed by atoms with Crippen molar-refractivity contribution in [1.82, 2.24) is 9.13 Å². The second kappa shape index (κ2) is 9.05. The molecule has 188 valence electrons. The molecular formula is C29H22N2O5P2. The van der Waals surface area contributed by atoms with Gasteiger partial charge in [-0.25, -0.2) is 4.79 Å². The molecule has 0 saturated carbocycles. The highest BCUT2D eigenvalue weighted by molar-refractivity contribution is 7.61. The molecule has 7 nitrogen and oxygen atoms in total. The number of fused-ring (bicyclic) bond motifs is 6. The van der Waals surface area contributed by atoms with E-state index in [1.165, 1.54) is 9.13 Å². The van der Waals surface area contributed by atoms with Crippen LogP contribution in [0.3, 0.4) is 0 Å². The van der Waals surface area contributed by atoms with Crippen LogP contribution in [0.5, 0.6) is 23.3 Å². The highest BCUT2D eigenvalue weighted by atomic mass is 31.1. The van der Waals surface area contributed by atoms with Crippen LogP contribution in [-0.2, 0) is 12.6 Å². The summed E-state index contributed by atoms with van der Waals surface area (Å²) in [5.41, 5.74) is 3.58. The van der Waals surface area contributed by atoms with Crippen molar-refractivity contribution in [2.45, 2.75) is 12.6 Å². The van der Waals surface area contributed by atoms with Gasteiger partial charge in [0.2, 0.25) is 0 Å². The van der Waals surface area contributed by atoms with Crippen molar-refractivity contribution in [3.05, 3.63) is 108 Å². The van der Waals surface area contributed by atoms with Gasteiger partial charge in [0.15, 0.2) is 0 Å². The first-order valence-electron chi connectivity index (χ1n) is 12.1. The molecule has 0 saturated heterocycles. The SMILES string of the molecule is O=c1n(CP2Oc3ccccc3-c3ccccc32)c(O)c(O)n1CP1Oc2ccccc2-c2ccccc21. The standard InChI is InChI=1S/C29H22N2O5P2/c32-27-28(33)31(18-38-26-16-8-4-12-22(26)20-10-2-6-14-24(20)36-38)29(34)30(27)17-37-25-15-7-3-11-21(25)19-9-1-5-13-23(19)35-37/h1-16,32-33H,17-18H2. The van der Waals surface area contributed by atoms with Gasteiger partial charge in [0, 0.05) is 21.7 Å². The Morgan fingerprint density at radius 3 is 1.37 bits per heavy atom. The molecule has 3 heterocycles. The third kappa shape index (κ3) is 3.62. The maximum Gasteiger partial charge on any atom is 0.334 e. The molecule has 2 unspecified atom stereocenters. The van der Waals surface area contributed by atoms with Gasteiger partial charge in [-0.05, 0) is 23.3 Å². The fourth-order valence-electron chi connectivity index (χ4n) is 5.00. The van der Waals surface area contributed by atoms with Gasteiger partial charge in [0.25, 0.3) is 11.8 Å². The summed E-state index contributed by atoms with van der Waals surface area (Å²) >= 11 is 0. The van der Waals surface area contributed by atoms with Gasteiger partial charge >= 0.3 is 5.69 Å². The topological polar surface area (TPSA) is 85.9 Å². The largest absolute Gasteiger partial charge is 0.491 e. The summed E-state index contributed by atoms with van der Waals surface area (Å²) in [7, 11) is -2.65. The van der Waals surface area contributed by atoms with Crippen LogP contribution in [0, 0.1) is 0 Å². The summed E-state index contributed by atoms with van der Waals surface area (Å²) in [5, 5.41) is 23.7. The summed E-state index contributed by atoms with van der Waals surface area (Å²) in [5.74, 6) is 0.530. The van der Waals surface area contributed by atoms with Crippen LogP contribution in [0.15, 0.2) is 102 Å². The van der Waals surface area contributed by atoms with E-state index >= 15 is 0 Å². The average molecular weight is 540 g/mol.